The lowest BCUT2D eigenvalue weighted by Gasteiger charge is -2.00. The SMILES string of the molecule is CC=CCOC(=O)NCC. The third-order valence-electron chi connectivity index (χ3n) is 0.867. The van der Waals surface area contributed by atoms with Crippen molar-refractivity contribution in [3.05, 3.63) is 12.2 Å². The van der Waals surface area contributed by atoms with Gasteiger partial charge in [0.25, 0.3) is 0 Å². The summed E-state index contributed by atoms with van der Waals surface area (Å²) in [5.74, 6) is 0. The highest BCUT2D eigenvalue weighted by Crippen LogP contribution is 1.78. The Morgan fingerprint density at radius 3 is 2.90 bits per heavy atom. The minimum Gasteiger partial charge on any atom is -0.445 e. The Kier molecular flexibility index (Phi) is 5.53. The van der Waals surface area contributed by atoms with Crippen LogP contribution in [0.4, 0.5) is 4.79 Å². The van der Waals surface area contributed by atoms with E-state index in [0.29, 0.717) is 13.2 Å². The van der Waals surface area contributed by atoms with Crippen molar-refractivity contribution in [2.75, 3.05) is 13.2 Å². The Morgan fingerprint density at radius 1 is 1.70 bits per heavy atom. The van der Waals surface area contributed by atoms with Crippen LogP contribution in [0.15, 0.2) is 12.2 Å². The van der Waals surface area contributed by atoms with E-state index in [2.05, 4.69) is 10.1 Å². The molecule has 0 radical (unpaired) electrons. The zero-order chi connectivity index (χ0) is 7.82. The van der Waals surface area contributed by atoms with Crippen LogP contribution < -0.4 is 5.32 Å². The molecule has 10 heavy (non-hydrogen) atoms. The van der Waals surface area contributed by atoms with Crippen LogP contribution in [-0.2, 0) is 4.74 Å². The summed E-state index contributed by atoms with van der Waals surface area (Å²) < 4.78 is 4.69. The van der Waals surface area contributed by atoms with E-state index in [4.69, 9.17) is 0 Å². The van der Waals surface area contributed by atoms with Gasteiger partial charge in [0, 0.05) is 6.54 Å². The molecule has 0 atom stereocenters. The van der Waals surface area contributed by atoms with E-state index in [1.54, 1.807) is 6.08 Å². The molecule has 0 rings (SSSR count). The van der Waals surface area contributed by atoms with E-state index in [1.165, 1.54) is 0 Å². The molecule has 0 aromatic heterocycles. The molecule has 0 bridgehead atoms. The lowest BCUT2D eigenvalue weighted by Crippen LogP contribution is -2.23. The van der Waals surface area contributed by atoms with E-state index < -0.39 is 0 Å². The van der Waals surface area contributed by atoms with Gasteiger partial charge in [-0.1, -0.05) is 12.2 Å². The van der Waals surface area contributed by atoms with Crippen LogP contribution in [0.25, 0.3) is 0 Å². The summed E-state index contributed by atoms with van der Waals surface area (Å²) in [6.45, 7) is 4.68. The van der Waals surface area contributed by atoms with Gasteiger partial charge in [-0.15, -0.1) is 0 Å². The van der Waals surface area contributed by atoms with Gasteiger partial charge in [0.15, 0.2) is 0 Å². The van der Waals surface area contributed by atoms with Gasteiger partial charge in [-0.05, 0) is 13.8 Å². The number of hydrogen-bond donors (Lipinski definition) is 1. The molecule has 0 aromatic carbocycles. The molecule has 0 aliphatic rings. The van der Waals surface area contributed by atoms with E-state index in [9.17, 15) is 4.79 Å². The first-order valence-corrected chi connectivity index (χ1v) is 3.33. The molecule has 0 aromatic rings. The molecule has 1 amide bonds. The molecule has 0 heterocycles. The molecule has 0 unspecified atom stereocenters. The standard InChI is InChI=1S/C7H13NO2/c1-3-5-6-10-7(9)8-4-2/h3,5H,4,6H2,1-2H3,(H,8,9). The highest BCUT2D eigenvalue weighted by atomic mass is 16.5. The Balaban J connectivity index is 3.21. The summed E-state index contributed by atoms with van der Waals surface area (Å²) in [6, 6.07) is 0. The predicted octanol–water partition coefficient (Wildman–Crippen LogP) is 1.31. The van der Waals surface area contributed by atoms with E-state index >= 15 is 0 Å². The smallest absolute Gasteiger partial charge is 0.407 e. The number of rotatable bonds is 3. The molecular weight excluding hydrogens is 130 g/mol. The average Bonchev–Trinajstić information content (AvgIpc) is 1.89. The Morgan fingerprint density at radius 2 is 2.40 bits per heavy atom. The van der Waals surface area contributed by atoms with Gasteiger partial charge in [-0.3, -0.25) is 0 Å². The normalized spacial score (nSPS) is 9.80. The highest BCUT2D eigenvalue weighted by molar-refractivity contribution is 5.67. The van der Waals surface area contributed by atoms with Crippen molar-refractivity contribution in [1.82, 2.24) is 5.32 Å². The van der Waals surface area contributed by atoms with Crippen LogP contribution in [-0.4, -0.2) is 19.2 Å². The first-order valence-electron chi connectivity index (χ1n) is 3.33. The van der Waals surface area contributed by atoms with Gasteiger partial charge >= 0.3 is 6.09 Å². The predicted molar refractivity (Wildman–Crippen MR) is 39.8 cm³/mol. The molecule has 0 aliphatic carbocycles. The molecule has 0 aliphatic heterocycles. The number of nitrogens with one attached hydrogen (secondary N) is 1. The first kappa shape index (κ1) is 9.01. The molecular formula is C7H13NO2. The molecule has 0 saturated carbocycles. The molecule has 0 fully saturated rings. The summed E-state index contributed by atoms with van der Waals surface area (Å²) in [5.41, 5.74) is 0. The van der Waals surface area contributed by atoms with Gasteiger partial charge in [-0.2, -0.15) is 0 Å². The van der Waals surface area contributed by atoms with E-state index in [0.717, 1.165) is 0 Å². The topological polar surface area (TPSA) is 38.3 Å². The third kappa shape index (κ3) is 5.15. The fraction of sp³-hybridized carbons (Fsp3) is 0.571. The molecule has 3 heteroatoms. The summed E-state index contributed by atoms with van der Waals surface area (Å²) in [6.07, 6.45) is 3.25. The van der Waals surface area contributed by atoms with Crippen LogP contribution in [0.3, 0.4) is 0 Å². The third-order valence-corrected chi connectivity index (χ3v) is 0.867. The highest BCUT2D eigenvalue weighted by Gasteiger charge is 1.94. The van der Waals surface area contributed by atoms with Gasteiger partial charge in [0.2, 0.25) is 0 Å². The molecule has 58 valence electrons. The first-order chi connectivity index (χ1) is 4.81. The average molecular weight is 143 g/mol. The van der Waals surface area contributed by atoms with Crippen LogP contribution in [0.1, 0.15) is 13.8 Å². The van der Waals surface area contributed by atoms with Gasteiger partial charge in [0.05, 0.1) is 0 Å². The van der Waals surface area contributed by atoms with Crippen LogP contribution >= 0.6 is 0 Å². The number of carbonyl (C=O) groups excluding carboxylic acids is 1. The maximum Gasteiger partial charge on any atom is 0.407 e. The fourth-order valence-corrected chi connectivity index (χ4v) is 0.415. The van der Waals surface area contributed by atoms with Crippen molar-refractivity contribution in [3.63, 3.8) is 0 Å². The monoisotopic (exact) mass is 143 g/mol. The fourth-order valence-electron chi connectivity index (χ4n) is 0.415. The Hall–Kier alpha value is -0.990. The lowest BCUT2D eigenvalue weighted by atomic mass is 10.6. The number of hydrogen-bond acceptors (Lipinski definition) is 2. The maximum absolute atomic E-state index is 10.6. The molecule has 1 N–H and O–H groups in total. The second kappa shape index (κ2) is 6.13. The van der Waals surface area contributed by atoms with Crippen molar-refractivity contribution in [3.8, 4) is 0 Å². The van der Waals surface area contributed by atoms with E-state index in [-0.39, 0.29) is 6.09 Å². The van der Waals surface area contributed by atoms with Crippen molar-refractivity contribution in [2.24, 2.45) is 0 Å². The summed E-state index contributed by atoms with van der Waals surface area (Å²) in [5, 5.41) is 2.51. The number of alkyl carbamates (subject to hydrolysis) is 1. The summed E-state index contributed by atoms with van der Waals surface area (Å²) in [4.78, 5) is 10.6. The van der Waals surface area contributed by atoms with Gasteiger partial charge in [0.1, 0.15) is 6.61 Å². The molecule has 0 spiro atoms. The number of ether oxygens (including phenoxy) is 1. The van der Waals surface area contributed by atoms with Crippen molar-refractivity contribution in [2.45, 2.75) is 13.8 Å². The maximum atomic E-state index is 10.6. The van der Waals surface area contributed by atoms with E-state index in [1.807, 2.05) is 19.9 Å². The molecule has 0 saturated heterocycles. The van der Waals surface area contributed by atoms with Crippen LogP contribution in [0, 0.1) is 0 Å². The summed E-state index contributed by atoms with van der Waals surface area (Å²) >= 11 is 0. The van der Waals surface area contributed by atoms with Crippen molar-refractivity contribution in [1.29, 1.82) is 0 Å². The number of allylic oxidation sites excluding steroid dienone is 1. The second-order valence-corrected chi connectivity index (χ2v) is 1.70. The minimum atomic E-state index is -0.361. The largest absolute Gasteiger partial charge is 0.445 e. The van der Waals surface area contributed by atoms with Crippen LogP contribution in [0.2, 0.25) is 0 Å². The molecule has 3 nitrogen and oxygen atoms in total. The van der Waals surface area contributed by atoms with Gasteiger partial charge < -0.3 is 10.1 Å². The summed E-state index contributed by atoms with van der Waals surface area (Å²) in [7, 11) is 0. The second-order valence-electron chi connectivity index (χ2n) is 1.70. The van der Waals surface area contributed by atoms with Crippen molar-refractivity contribution < 1.29 is 9.53 Å². The van der Waals surface area contributed by atoms with Gasteiger partial charge in [-0.25, -0.2) is 4.79 Å². The minimum absolute atomic E-state index is 0.350. The lowest BCUT2D eigenvalue weighted by molar-refractivity contribution is 0.159. The Labute approximate surface area is 61.1 Å². The Bertz CT molecular complexity index is 121. The number of carbonyl (C=O) groups is 1. The zero-order valence-electron chi connectivity index (χ0n) is 6.39. The zero-order valence-corrected chi connectivity index (χ0v) is 6.39. The number of amides is 1. The quantitative estimate of drug-likeness (QED) is 0.605. The van der Waals surface area contributed by atoms with Crippen LogP contribution in [0.5, 0.6) is 0 Å². The van der Waals surface area contributed by atoms with Crippen molar-refractivity contribution >= 4 is 6.09 Å².